The lowest BCUT2D eigenvalue weighted by atomic mass is 9.48. The Hall–Kier alpha value is -0.340. The molecule has 102 valence electrons. The quantitative estimate of drug-likeness (QED) is 0.701. The molecular weight excluding hydrogens is 276 g/mol. The zero-order chi connectivity index (χ0) is 13.0. The molecule has 4 saturated carbocycles. The van der Waals surface area contributed by atoms with E-state index in [-0.39, 0.29) is 0 Å². The first-order valence-electron chi connectivity index (χ1n) is 7.40. The molecule has 0 spiro atoms. The fourth-order valence-electron chi connectivity index (χ4n) is 5.40. The van der Waals surface area contributed by atoms with E-state index in [9.17, 15) is 4.79 Å². The summed E-state index contributed by atoms with van der Waals surface area (Å²) < 4.78 is 0.730. The number of hydrogen-bond donors (Lipinski definition) is 0. The van der Waals surface area contributed by atoms with Crippen molar-refractivity contribution in [2.45, 2.75) is 44.9 Å². The summed E-state index contributed by atoms with van der Waals surface area (Å²) in [6.45, 7) is 0. The molecule has 4 fully saturated rings. The van der Waals surface area contributed by atoms with Gasteiger partial charge < -0.3 is 0 Å². The van der Waals surface area contributed by atoms with Crippen LogP contribution in [0.1, 0.15) is 54.6 Å². The normalized spacial score (nSPS) is 39.7. The van der Waals surface area contributed by atoms with E-state index in [4.69, 9.17) is 11.6 Å². The van der Waals surface area contributed by atoms with E-state index in [0.29, 0.717) is 11.2 Å². The second kappa shape index (κ2) is 4.33. The van der Waals surface area contributed by atoms with E-state index in [1.54, 1.807) is 0 Å². The third-order valence-electron chi connectivity index (χ3n) is 5.55. The van der Waals surface area contributed by atoms with Gasteiger partial charge in [-0.1, -0.05) is 11.6 Å². The number of rotatable bonds is 3. The summed E-state index contributed by atoms with van der Waals surface area (Å²) in [5, 5.41) is 0. The van der Waals surface area contributed by atoms with Crippen molar-refractivity contribution in [2.75, 3.05) is 0 Å². The van der Waals surface area contributed by atoms with Gasteiger partial charge in [0.25, 0.3) is 0 Å². The standard InChI is InChI=1S/C16H19ClOS/c17-15-2-1-14(19-15)13(18)9-16-6-10-3-11(7-16)5-12(4-10)8-16/h1-2,10-12H,3-9H2. The lowest BCUT2D eigenvalue weighted by molar-refractivity contribution is -0.0523. The molecule has 0 saturated heterocycles. The fourth-order valence-corrected chi connectivity index (χ4v) is 6.38. The number of Topliss-reactive ketones (excluding diaryl/α,β-unsaturated/α-hetero) is 1. The average Bonchev–Trinajstić information content (AvgIpc) is 2.73. The largest absolute Gasteiger partial charge is 0.293 e. The van der Waals surface area contributed by atoms with Gasteiger partial charge in [-0.25, -0.2) is 0 Å². The highest BCUT2D eigenvalue weighted by atomic mass is 35.5. The Balaban J connectivity index is 1.54. The summed E-state index contributed by atoms with van der Waals surface area (Å²) >= 11 is 7.39. The highest BCUT2D eigenvalue weighted by Crippen LogP contribution is 2.61. The van der Waals surface area contributed by atoms with Crippen LogP contribution in [0.25, 0.3) is 0 Å². The number of ketones is 1. The van der Waals surface area contributed by atoms with Crippen LogP contribution in [-0.4, -0.2) is 5.78 Å². The molecule has 0 unspecified atom stereocenters. The monoisotopic (exact) mass is 294 g/mol. The number of carbonyl (C=O) groups excluding carboxylic acids is 1. The zero-order valence-corrected chi connectivity index (χ0v) is 12.6. The van der Waals surface area contributed by atoms with Gasteiger partial charge in [0.1, 0.15) is 0 Å². The van der Waals surface area contributed by atoms with Gasteiger partial charge in [0.05, 0.1) is 9.21 Å². The summed E-state index contributed by atoms with van der Waals surface area (Å²) in [5.41, 5.74) is 0.350. The molecule has 19 heavy (non-hydrogen) atoms. The predicted octanol–water partition coefficient (Wildman–Crippen LogP) is 5.19. The van der Waals surface area contributed by atoms with Crippen molar-refractivity contribution in [3.63, 3.8) is 0 Å². The highest BCUT2D eigenvalue weighted by molar-refractivity contribution is 7.18. The van der Waals surface area contributed by atoms with E-state index >= 15 is 0 Å². The first kappa shape index (κ1) is 12.4. The molecule has 4 aliphatic carbocycles. The first-order chi connectivity index (χ1) is 9.12. The Morgan fingerprint density at radius 2 is 1.74 bits per heavy atom. The van der Waals surface area contributed by atoms with Crippen molar-refractivity contribution < 1.29 is 4.79 Å². The molecule has 3 heteroatoms. The highest BCUT2D eigenvalue weighted by Gasteiger charge is 2.51. The van der Waals surface area contributed by atoms with E-state index in [1.807, 2.05) is 12.1 Å². The Bertz CT molecular complexity index is 483. The molecule has 0 radical (unpaired) electrons. The van der Waals surface area contributed by atoms with Crippen molar-refractivity contribution in [2.24, 2.45) is 23.2 Å². The molecule has 0 aromatic carbocycles. The first-order valence-corrected chi connectivity index (χ1v) is 8.60. The maximum absolute atomic E-state index is 12.5. The number of hydrogen-bond acceptors (Lipinski definition) is 2. The summed E-state index contributed by atoms with van der Waals surface area (Å²) in [5.74, 6) is 3.10. The van der Waals surface area contributed by atoms with E-state index < -0.39 is 0 Å². The van der Waals surface area contributed by atoms with Crippen molar-refractivity contribution in [1.82, 2.24) is 0 Å². The molecule has 0 amide bonds. The summed E-state index contributed by atoms with van der Waals surface area (Å²) in [6, 6.07) is 3.75. The van der Waals surface area contributed by atoms with Crippen LogP contribution >= 0.6 is 22.9 Å². The number of thiophene rings is 1. The Kier molecular flexibility index (Phi) is 2.82. The molecule has 1 aromatic rings. The minimum Gasteiger partial charge on any atom is -0.293 e. The predicted molar refractivity (Wildman–Crippen MR) is 78.9 cm³/mol. The molecule has 0 N–H and O–H groups in total. The molecule has 5 rings (SSSR count). The van der Waals surface area contributed by atoms with Crippen LogP contribution in [0.4, 0.5) is 0 Å². The topological polar surface area (TPSA) is 17.1 Å². The van der Waals surface area contributed by atoms with Gasteiger partial charge in [-0.05, 0) is 73.8 Å². The van der Waals surface area contributed by atoms with Crippen molar-refractivity contribution in [1.29, 1.82) is 0 Å². The van der Waals surface area contributed by atoms with Crippen molar-refractivity contribution >= 4 is 28.7 Å². The summed E-state index contributed by atoms with van der Waals surface area (Å²) in [4.78, 5) is 13.4. The molecule has 1 heterocycles. The average molecular weight is 295 g/mol. The zero-order valence-electron chi connectivity index (χ0n) is 11.0. The van der Waals surface area contributed by atoms with Gasteiger partial charge in [0.15, 0.2) is 5.78 Å². The van der Waals surface area contributed by atoms with E-state index in [1.165, 1.54) is 49.9 Å². The molecule has 4 bridgehead atoms. The van der Waals surface area contributed by atoms with Crippen molar-refractivity contribution in [3.05, 3.63) is 21.3 Å². The van der Waals surface area contributed by atoms with Crippen LogP contribution in [0.15, 0.2) is 12.1 Å². The summed E-state index contributed by atoms with van der Waals surface area (Å²) in [7, 11) is 0. The molecular formula is C16H19ClOS. The molecule has 1 aromatic heterocycles. The van der Waals surface area contributed by atoms with Gasteiger partial charge in [-0.2, -0.15) is 0 Å². The van der Waals surface area contributed by atoms with Crippen LogP contribution in [0, 0.1) is 23.2 Å². The Morgan fingerprint density at radius 3 is 2.21 bits per heavy atom. The van der Waals surface area contributed by atoms with Crippen LogP contribution in [0.3, 0.4) is 0 Å². The third kappa shape index (κ3) is 2.17. The molecule has 1 nitrogen and oxygen atoms in total. The van der Waals surface area contributed by atoms with Gasteiger partial charge in [0.2, 0.25) is 0 Å². The smallest absolute Gasteiger partial charge is 0.173 e. The van der Waals surface area contributed by atoms with Crippen LogP contribution in [-0.2, 0) is 0 Å². The Labute approximate surface area is 123 Å². The molecule has 0 aliphatic heterocycles. The third-order valence-corrected chi connectivity index (χ3v) is 6.82. The Morgan fingerprint density at radius 1 is 1.16 bits per heavy atom. The minimum absolute atomic E-state index is 0.332. The second-order valence-electron chi connectivity index (χ2n) is 7.12. The van der Waals surface area contributed by atoms with Gasteiger partial charge in [-0.15, -0.1) is 11.3 Å². The lowest BCUT2D eigenvalue weighted by Gasteiger charge is -2.56. The van der Waals surface area contributed by atoms with Crippen LogP contribution in [0.5, 0.6) is 0 Å². The van der Waals surface area contributed by atoms with Crippen LogP contribution < -0.4 is 0 Å². The number of carbonyl (C=O) groups is 1. The van der Waals surface area contributed by atoms with Crippen LogP contribution in [0.2, 0.25) is 4.34 Å². The second-order valence-corrected chi connectivity index (χ2v) is 8.84. The summed E-state index contributed by atoms with van der Waals surface area (Å²) in [6.07, 6.45) is 9.03. The van der Waals surface area contributed by atoms with Gasteiger partial charge >= 0.3 is 0 Å². The SMILES string of the molecule is O=C(CC12CC3CC(CC(C3)C1)C2)c1ccc(Cl)s1. The lowest BCUT2D eigenvalue weighted by Crippen LogP contribution is -2.46. The van der Waals surface area contributed by atoms with E-state index in [2.05, 4.69) is 0 Å². The van der Waals surface area contributed by atoms with Gasteiger partial charge in [0, 0.05) is 6.42 Å². The maximum atomic E-state index is 12.5. The van der Waals surface area contributed by atoms with Crippen molar-refractivity contribution in [3.8, 4) is 0 Å². The fraction of sp³-hybridized carbons (Fsp3) is 0.688. The molecule has 0 atom stereocenters. The minimum atomic E-state index is 0.332. The van der Waals surface area contributed by atoms with Gasteiger partial charge in [-0.3, -0.25) is 4.79 Å². The van der Waals surface area contributed by atoms with E-state index in [0.717, 1.165) is 33.4 Å². The maximum Gasteiger partial charge on any atom is 0.173 e. The number of halogens is 1. The molecule has 4 aliphatic rings.